The SMILES string of the molecule is N#Cc1ccc(-c2ccccn2)c(C#N)n1. The van der Waals surface area contributed by atoms with Crippen LogP contribution in [0.25, 0.3) is 11.3 Å². The Morgan fingerprint density at radius 3 is 2.50 bits per heavy atom. The molecule has 2 heterocycles. The van der Waals surface area contributed by atoms with Crippen molar-refractivity contribution in [2.24, 2.45) is 0 Å². The summed E-state index contributed by atoms with van der Waals surface area (Å²) in [5.74, 6) is 0. The van der Waals surface area contributed by atoms with Crippen LogP contribution in [0.5, 0.6) is 0 Å². The summed E-state index contributed by atoms with van der Waals surface area (Å²) in [6.07, 6.45) is 1.65. The summed E-state index contributed by atoms with van der Waals surface area (Å²) in [5.41, 5.74) is 1.77. The first-order chi connectivity index (χ1) is 7.85. The summed E-state index contributed by atoms with van der Waals surface area (Å²) in [5, 5.41) is 17.6. The van der Waals surface area contributed by atoms with Crippen molar-refractivity contribution in [2.45, 2.75) is 0 Å². The number of nitriles is 2. The minimum Gasteiger partial charge on any atom is -0.256 e. The van der Waals surface area contributed by atoms with Crippen molar-refractivity contribution in [2.75, 3.05) is 0 Å². The molecule has 0 aliphatic heterocycles. The van der Waals surface area contributed by atoms with E-state index in [0.717, 1.165) is 0 Å². The Labute approximate surface area is 92.4 Å². The van der Waals surface area contributed by atoms with Gasteiger partial charge in [-0.2, -0.15) is 10.5 Å². The molecule has 0 unspecified atom stereocenters. The minimum atomic E-state index is 0.220. The smallest absolute Gasteiger partial charge is 0.151 e. The molecule has 0 N–H and O–H groups in total. The Kier molecular flexibility index (Phi) is 2.58. The molecule has 0 radical (unpaired) electrons. The standard InChI is InChI=1S/C12H6N4/c13-7-9-4-5-10(12(8-14)16-9)11-3-1-2-6-15-11/h1-6H. The zero-order valence-corrected chi connectivity index (χ0v) is 8.25. The van der Waals surface area contributed by atoms with Gasteiger partial charge in [-0.15, -0.1) is 0 Å². The fraction of sp³-hybridized carbons (Fsp3) is 0. The summed E-state index contributed by atoms with van der Waals surface area (Å²) >= 11 is 0. The van der Waals surface area contributed by atoms with Gasteiger partial charge < -0.3 is 0 Å². The Balaban J connectivity index is 2.60. The lowest BCUT2D eigenvalue weighted by Crippen LogP contribution is -1.93. The highest BCUT2D eigenvalue weighted by Crippen LogP contribution is 2.19. The summed E-state index contributed by atoms with van der Waals surface area (Å²) in [7, 11) is 0. The van der Waals surface area contributed by atoms with E-state index in [-0.39, 0.29) is 11.4 Å². The quantitative estimate of drug-likeness (QED) is 0.714. The van der Waals surface area contributed by atoms with Gasteiger partial charge in [0.15, 0.2) is 5.69 Å². The van der Waals surface area contributed by atoms with Crippen molar-refractivity contribution in [3.8, 4) is 23.4 Å². The second-order valence-corrected chi connectivity index (χ2v) is 3.03. The molecule has 0 aliphatic rings. The molecular weight excluding hydrogens is 200 g/mol. The van der Waals surface area contributed by atoms with Crippen LogP contribution >= 0.6 is 0 Å². The first-order valence-electron chi connectivity index (χ1n) is 4.58. The molecule has 0 spiro atoms. The topological polar surface area (TPSA) is 73.4 Å². The maximum absolute atomic E-state index is 8.95. The monoisotopic (exact) mass is 206 g/mol. The highest BCUT2D eigenvalue weighted by atomic mass is 14.7. The van der Waals surface area contributed by atoms with Gasteiger partial charge in [-0.1, -0.05) is 6.07 Å². The molecule has 0 aliphatic carbocycles. The van der Waals surface area contributed by atoms with Gasteiger partial charge in [0.2, 0.25) is 0 Å². The van der Waals surface area contributed by atoms with Crippen molar-refractivity contribution in [1.82, 2.24) is 9.97 Å². The van der Waals surface area contributed by atoms with Crippen molar-refractivity contribution >= 4 is 0 Å². The van der Waals surface area contributed by atoms with Gasteiger partial charge in [-0.05, 0) is 24.3 Å². The number of nitrogens with zero attached hydrogens (tertiary/aromatic N) is 4. The highest BCUT2D eigenvalue weighted by molar-refractivity contribution is 5.65. The van der Waals surface area contributed by atoms with E-state index in [0.29, 0.717) is 11.3 Å². The fourth-order valence-electron chi connectivity index (χ4n) is 1.34. The maximum atomic E-state index is 8.95. The molecule has 74 valence electrons. The Morgan fingerprint density at radius 1 is 1.00 bits per heavy atom. The predicted octanol–water partition coefficient (Wildman–Crippen LogP) is 1.89. The van der Waals surface area contributed by atoms with Gasteiger partial charge in [0.05, 0.1) is 5.69 Å². The Morgan fingerprint density at radius 2 is 1.88 bits per heavy atom. The lowest BCUT2D eigenvalue weighted by molar-refractivity contribution is 1.20. The first kappa shape index (κ1) is 9.82. The molecule has 4 heteroatoms. The lowest BCUT2D eigenvalue weighted by Gasteiger charge is -2.01. The molecule has 2 rings (SSSR count). The number of hydrogen-bond donors (Lipinski definition) is 0. The molecule has 0 saturated heterocycles. The van der Waals surface area contributed by atoms with E-state index in [9.17, 15) is 0 Å². The zero-order chi connectivity index (χ0) is 11.4. The van der Waals surface area contributed by atoms with Crippen molar-refractivity contribution in [3.63, 3.8) is 0 Å². The highest BCUT2D eigenvalue weighted by Gasteiger charge is 2.07. The molecule has 0 bridgehead atoms. The number of pyridine rings is 2. The number of hydrogen-bond acceptors (Lipinski definition) is 4. The second-order valence-electron chi connectivity index (χ2n) is 3.03. The average molecular weight is 206 g/mol. The van der Waals surface area contributed by atoms with Crippen LogP contribution in [0, 0.1) is 22.7 Å². The van der Waals surface area contributed by atoms with Crippen LogP contribution in [0.4, 0.5) is 0 Å². The third kappa shape index (κ3) is 1.73. The van der Waals surface area contributed by atoms with E-state index in [1.165, 1.54) is 0 Å². The maximum Gasteiger partial charge on any atom is 0.151 e. The Hall–Kier alpha value is -2.72. The average Bonchev–Trinajstić information content (AvgIpc) is 2.39. The van der Waals surface area contributed by atoms with E-state index in [1.807, 2.05) is 18.2 Å². The molecule has 0 amide bonds. The molecule has 0 aromatic carbocycles. The van der Waals surface area contributed by atoms with Gasteiger partial charge in [-0.25, -0.2) is 4.98 Å². The molecule has 2 aromatic heterocycles. The van der Waals surface area contributed by atoms with Crippen molar-refractivity contribution in [1.29, 1.82) is 10.5 Å². The summed E-state index contributed by atoms with van der Waals surface area (Å²) < 4.78 is 0. The van der Waals surface area contributed by atoms with Crippen LogP contribution in [0.3, 0.4) is 0 Å². The molecule has 16 heavy (non-hydrogen) atoms. The van der Waals surface area contributed by atoms with Gasteiger partial charge in [0.25, 0.3) is 0 Å². The van der Waals surface area contributed by atoms with Crippen LogP contribution in [0.2, 0.25) is 0 Å². The largest absolute Gasteiger partial charge is 0.256 e. The predicted molar refractivity (Wildman–Crippen MR) is 56.9 cm³/mol. The van der Waals surface area contributed by atoms with Gasteiger partial charge in [0.1, 0.15) is 17.8 Å². The fourth-order valence-corrected chi connectivity index (χ4v) is 1.34. The van der Waals surface area contributed by atoms with E-state index in [1.54, 1.807) is 30.5 Å². The third-order valence-corrected chi connectivity index (χ3v) is 2.06. The minimum absolute atomic E-state index is 0.220. The van der Waals surface area contributed by atoms with Crippen LogP contribution in [0.1, 0.15) is 11.4 Å². The van der Waals surface area contributed by atoms with Gasteiger partial charge in [0, 0.05) is 11.8 Å². The molecule has 0 fully saturated rings. The molecule has 4 nitrogen and oxygen atoms in total. The van der Waals surface area contributed by atoms with E-state index >= 15 is 0 Å². The molecule has 2 aromatic rings. The third-order valence-electron chi connectivity index (χ3n) is 2.06. The van der Waals surface area contributed by atoms with E-state index in [4.69, 9.17) is 10.5 Å². The second kappa shape index (κ2) is 4.20. The summed E-state index contributed by atoms with van der Waals surface area (Å²) in [6.45, 7) is 0. The lowest BCUT2D eigenvalue weighted by atomic mass is 10.1. The van der Waals surface area contributed by atoms with Gasteiger partial charge >= 0.3 is 0 Å². The van der Waals surface area contributed by atoms with Crippen LogP contribution in [-0.4, -0.2) is 9.97 Å². The zero-order valence-electron chi connectivity index (χ0n) is 8.25. The van der Waals surface area contributed by atoms with Crippen LogP contribution in [-0.2, 0) is 0 Å². The van der Waals surface area contributed by atoms with E-state index in [2.05, 4.69) is 9.97 Å². The summed E-state index contributed by atoms with van der Waals surface area (Å²) in [4.78, 5) is 8.06. The Bertz CT molecular complexity index is 591. The summed E-state index contributed by atoms with van der Waals surface area (Å²) in [6, 6.07) is 12.6. The molecule has 0 atom stereocenters. The molecule has 0 saturated carbocycles. The normalized spacial score (nSPS) is 9.12. The van der Waals surface area contributed by atoms with Crippen molar-refractivity contribution in [3.05, 3.63) is 47.9 Å². The van der Waals surface area contributed by atoms with Crippen molar-refractivity contribution < 1.29 is 0 Å². The van der Waals surface area contributed by atoms with Gasteiger partial charge in [-0.3, -0.25) is 4.98 Å². The van der Waals surface area contributed by atoms with E-state index < -0.39 is 0 Å². The van der Waals surface area contributed by atoms with Crippen LogP contribution < -0.4 is 0 Å². The number of aromatic nitrogens is 2. The number of rotatable bonds is 1. The molecular formula is C12H6N4. The van der Waals surface area contributed by atoms with Crippen LogP contribution in [0.15, 0.2) is 36.5 Å². The first-order valence-corrected chi connectivity index (χ1v) is 4.58.